The van der Waals surface area contributed by atoms with Crippen LogP contribution in [0, 0.1) is 17.8 Å². The van der Waals surface area contributed by atoms with Crippen LogP contribution in [-0.2, 0) is 0 Å². The summed E-state index contributed by atoms with van der Waals surface area (Å²) in [5.41, 5.74) is 0. The Kier molecular flexibility index (Phi) is 3.29. The van der Waals surface area contributed by atoms with E-state index in [0.717, 1.165) is 17.8 Å². The molecular formula is C13H24. The molecule has 2 bridgehead atoms. The quantitative estimate of drug-likeness (QED) is 0.518. The van der Waals surface area contributed by atoms with E-state index in [1.165, 1.54) is 38.5 Å². The molecular weight excluding hydrogens is 156 g/mol. The largest absolute Gasteiger partial charge is 0.0625 e. The molecule has 1 atom stereocenters. The average molecular weight is 180 g/mol. The molecule has 0 spiro atoms. The number of rotatable bonds is 0. The highest BCUT2D eigenvalue weighted by Gasteiger charge is 2.29. The molecule has 0 N–H and O–H groups in total. The van der Waals surface area contributed by atoms with Gasteiger partial charge in [-0.1, -0.05) is 45.4 Å². The third kappa shape index (κ3) is 2.72. The summed E-state index contributed by atoms with van der Waals surface area (Å²) >= 11 is 0. The van der Waals surface area contributed by atoms with Gasteiger partial charge in [0.1, 0.15) is 0 Å². The minimum absolute atomic E-state index is 1.02. The van der Waals surface area contributed by atoms with E-state index in [1.54, 1.807) is 19.3 Å². The molecule has 1 unspecified atom stereocenters. The Hall–Kier alpha value is 0. The summed E-state index contributed by atoms with van der Waals surface area (Å²) in [7, 11) is 0. The molecule has 0 radical (unpaired) electrons. The van der Waals surface area contributed by atoms with Gasteiger partial charge in [-0.25, -0.2) is 0 Å². The van der Waals surface area contributed by atoms with Crippen LogP contribution in [0.25, 0.3) is 0 Å². The molecule has 3 fully saturated rings. The van der Waals surface area contributed by atoms with Crippen LogP contribution in [0.4, 0.5) is 0 Å². The van der Waals surface area contributed by atoms with Gasteiger partial charge in [0.25, 0.3) is 0 Å². The summed E-state index contributed by atoms with van der Waals surface area (Å²) in [5.74, 6) is 3.28. The Morgan fingerprint density at radius 1 is 0.692 bits per heavy atom. The topological polar surface area (TPSA) is 0 Å². The molecule has 0 aromatic heterocycles. The molecule has 0 saturated heterocycles. The summed E-state index contributed by atoms with van der Waals surface area (Å²) in [6.45, 7) is 2.46. The van der Waals surface area contributed by atoms with Gasteiger partial charge in [-0.3, -0.25) is 0 Å². The first kappa shape index (κ1) is 9.55. The molecule has 0 heteroatoms. The summed E-state index contributed by atoms with van der Waals surface area (Å²) in [5, 5.41) is 0. The molecule has 3 rings (SSSR count). The Bertz CT molecular complexity index is 141. The van der Waals surface area contributed by atoms with Gasteiger partial charge >= 0.3 is 0 Å². The van der Waals surface area contributed by atoms with Crippen molar-refractivity contribution >= 4 is 0 Å². The fraction of sp³-hybridized carbons (Fsp3) is 1.00. The molecule has 3 aliphatic carbocycles. The Morgan fingerprint density at radius 2 is 1.38 bits per heavy atom. The van der Waals surface area contributed by atoms with Crippen LogP contribution in [0.2, 0.25) is 0 Å². The summed E-state index contributed by atoms with van der Waals surface area (Å²) in [6, 6.07) is 0. The molecule has 0 aromatic rings. The Labute approximate surface area is 83.1 Å². The lowest BCUT2D eigenvalue weighted by Crippen LogP contribution is -2.24. The van der Waals surface area contributed by atoms with Gasteiger partial charge in [-0.05, 0) is 37.0 Å². The van der Waals surface area contributed by atoms with Gasteiger partial charge in [0.2, 0.25) is 0 Å². The monoisotopic (exact) mass is 180 g/mol. The van der Waals surface area contributed by atoms with Crippen molar-refractivity contribution in [2.45, 2.75) is 64.7 Å². The number of fused-ring (bicyclic) bond motifs is 7. The summed E-state index contributed by atoms with van der Waals surface area (Å²) < 4.78 is 0. The molecule has 0 amide bonds. The zero-order chi connectivity index (χ0) is 9.10. The molecule has 76 valence electrons. The second-order valence-corrected chi connectivity index (χ2v) is 5.54. The number of hydrogen-bond acceptors (Lipinski definition) is 0. The van der Waals surface area contributed by atoms with Crippen LogP contribution < -0.4 is 0 Å². The maximum Gasteiger partial charge on any atom is -0.0406 e. The average Bonchev–Trinajstić information content (AvgIpc) is 2.09. The van der Waals surface area contributed by atoms with Crippen LogP contribution in [0.15, 0.2) is 0 Å². The molecule has 0 nitrogen and oxygen atoms in total. The summed E-state index contributed by atoms with van der Waals surface area (Å²) in [6.07, 6.45) is 13.8. The molecule has 3 saturated carbocycles. The lowest BCUT2D eigenvalue weighted by Gasteiger charge is -2.36. The SMILES string of the molecule is CC1CCCCCCC2CC(C1)C2. The molecule has 0 heterocycles. The van der Waals surface area contributed by atoms with E-state index >= 15 is 0 Å². The maximum atomic E-state index is 2.46. The third-order valence-electron chi connectivity index (χ3n) is 4.13. The van der Waals surface area contributed by atoms with Gasteiger partial charge in [-0.15, -0.1) is 0 Å². The van der Waals surface area contributed by atoms with Crippen LogP contribution in [0.5, 0.6) is 0 Å². The van der Waals surface area contributed by atoms with Gasteiger partial charge in [0.15, 0.2) is 0 Å². The highest BCUT2D eigenvalue weighted by Crippen LogP contribution is 2.42. The minimum Gasteiger partial charge on any atom is -0.0625 e. The third-order valence-corrected chi connectivity index (χ3v) is 4.13. The first-order chi connectivity index (χ1) is 6.34. The van der Waals surface area contributed by atoms with Crippen molar-refractivity contribution in [2.24, 2.45) is 17.8 Å². The maximum absolute atomic E-state index is 2.46. The standard InChI is InChI=1S/C13H24/c1-11-6-4-2-3-5-7-12-9-13(8-11)10-12/h11-13H,2-10H2,1H3. The predicted octanol–water partition coefficient (Wildman–Crippen LogP) is 4.39. The fourth-order valence-corrected chi connectivity index (χ4v) is 3.27. The van der Waals surface area contributed by atoms with E-state index in [2.05, 4.69) is 6.92 Å². The molecule has 13 heavy (non-hydrogen) atoms. The fourth-order valence-electron chi connectivity index (χ4n) is 3.27. The number of hydrogen-bond donors (Lipinski definition) is 0. The van der Waals surface area contributed by atoms with Gasteiger partial charge in [-0.2, -0.15) is 0 Å². The summed E-state index contributed by atoms with van der Waals surface area (Å²) in [4.78, 5) is 0. The van der Waals surface area contributed by atoms with Gasteiger partial charge in [0, 0.05) is 0 Å². The van der Waals surface area contributed by atoms with E-state index in [-0.39, 0.29) is 0 Å². The van der Waals surface area contributed by atoms with Crippen molar-refractivity contribution in [1.29, 1.82) is 0 Å². The smallest absolute Gasteiger partial charge is 0.0406 e. The van der Waals surface area contributed by atoms with E-state index < -0.39 is 0 Å². The van der Waals surface area contributed by atoms with E-state index in [1.807, 2.05) is 0 Å². The van der Waals surface area contributed by atoms with Crippen LogP contribution in [-0.4, -0.2) is 0 Å². The zero-order valence-electron chi connectivity index (χ0n) is 9.10. The van der Waals surface area contributed by atoms with Crippen molar-refractivity contribution in [3.05, 3.63) is 0 Å². The van der Waals surface area contributed by atoms with Crippen molar-refractivity contribution in [2.75, 3.05) is 0 Å². The predicted molar refractivity (Wildman–Crippen MR) is 57.7 cm³/mol. The van der Waals surface area contributed by atoms with Crippen LogP contribution in [0.3, 0.4) is 0 Å². The second-order valence-electron chi connectivity index (χ2n) is 5.54. The van der Waals surface area contributed by atoms with Crippen LogP contribution in [0.1, 0.15) is 64.7 Å². The lowest BCUT2D eigenvalue weighted by molar-refractivity contribution is 0.151. The van der Waals surface area contributed by atoms with Crippen molar-refractivity contribution in [3.8, 4) is 0 Å². The molecule has 0 aliphatic heterocycles. The second kappa shape index (κ2) is 4.48. The van der Waals surface area contributed by atoms with Gasteiger partial charge < -0.3 is 0 Å². The Balaban J connectivity index is 1.79. The molecule has 0 aromatic carbocycles. The first-order valence-electron chi connectivity index (χ1n) is 6.34. The minimum atomic E-state index is 1.02. The zero-order valence-corrected chi connectivity index (χ0v) is 9.10. The van der Waals surface area contributed by atoms with E-state index in [9.17, 15) is 0 Å². The van der Waals surface area contributed by atoms with E-state index in [0.29, 0.717) is 0 Å². The Morgan fingerprint density at radius 3 is 2.15 bits per heavy atom. The van der Waals surface area contributed by atoms with Crippen molar-refractivity contribution in [3.63, 3.8) is 0 Å². The van der Waals surface area contributed by atoms with Crippen molar-refractivity contribution in [1.82, 2.24) is 0 Å². The van der Waals surface area contributed by atoms with Crippen molar-refractivity contribution < 1.29 is 0 Å². The highest BCUT2D eigenvalue weighted by atomic mass is 14.3. The normalized spacial score (nSPS) is 41.8. The van der Waals surface area contributed by atoms with Gasteiger partial charge in [0.05, 0.1) is 0 Å². The van der Waals surface area contributed by atoms with E-state index in [4.69, 9.17) is 0 Å². The first-order valence-corrected chi connectivity index (χ1v) is 6.34. The highest BCUT2D eigenvalue weighted by molar-refractivity contribution is 4.81. The lowest BCUT2D eigenvalue weighted by atomic mass is 9.69. The van der Waals surface area contributed by atoms with Crippen LogP contribution >= 0.6 is 0 Å². The molecule has 3 aliphatic rings.